The first-order valence-corrected chi connectivity index (χ1v) is 11.6. The number of ether oxygens (including phenoxy) is 1. The first kappa shape index (κ1) is 24.2. The van der Waals surface area contributed by atoms with Crippen molar-refractivity contribution in [2.75, 3.05) is 0 Å². The van der Waals surface area contributed by atoms with Crippen LogP contribution in [0.25, 0.3) is 28.0 Å². The lowest BCUT2D eigenvalue weighted by Gasteiger charge is -2.14. The number of aryl methyl sites for hydroxylation is 1. The van der Waals surface area contributed by atoms with Gasteiger partial charge in [-0.1, -0.05) is 36.4 Å². The lowest BCUT2D eigenvalue weighted by molar-refractivity contribution is 0.294. The number of fused-ring (bicyclic) bond motifs is 1. The predicted octanol–water partition coefficient (Wildman–Crippen LogP) is 5.53. The molecule has 0 unspecified atom stereocenters. The fraction of sp³-hybridized carbons (Fsp3) is 0.185. The van der Waals surface area contributed by atoms with Crippen LogP contribution in [-0.2, 0) is 6.61 Å². The van der Waals surface area contributed by atoms with Crippen molar-refractivity contribution >= 4 is 10.8 Å². The lowest BCUT2D eigenvalue weighted by Crippen LogP contribution is -2.25. The van der Waals surface area contributed by atoms with Gasteiger partial charge in [0.15, 0.2) is 29.1 Å². The Kier molecular flexibility index (Phi) is 6.24. The SMILES string of the molecule is Cc1ccccc1OCc1nc(-c2nn(C(C)C)c(=O)c3ccccc23)n(-c2cc(F)c(F)c(F)c2)n1. The van der Waals surface area contributed by atoms with E-state index in [1.165, 1.54) is 9.36 Å². The van der Waals surface area contributed by atoms with Crippen molar-refractivity contribution in [2.45, 2.75) is 33.4 Å². The number of nitrogens with zero attached hydrogens (tertiary/aromatic N) is 5. The minimum atomic E-state index is -1.59. The molecular weight excluding hydrogens is 483 g/mol. The molecule has 0 saturated heterocycles. The van der Waals surface area contributed by atoms with Gasteiger partial charge >= 0.3 is 0 Å². The average Bonchev–Trinajstić information content (AvgIpc) is 3.31. The summed E-state index contributed by atoms with van der Waals surface area (Å²) in [6, 6.07) is 15.6. The van der Waals surface area contributed by atoms with Gasteiger partial charge in [-0.25, -0.2) is 27.5 Å². The van der Waals surface area contributed by atoms with Gasteiger partial charge in [-0.3, -0.25) is 4.79 Å². The molecule has 0 N–H and O–H groups in total. The Morgan fingerprint density at radius 1 is 0.919 bits per heavy atom. The molecule has 0 spiro atoms. The first-order chi connectivity index (χ1) is 17.7. The van der Waals surface area contributed by atoms with Crippen molar-refractivity contribution in [3.05, 3.63) is 99.9 Å². The van der Waals surface area contributed by atoms with Gasteiger partial charge in [0, 0.05) is 17.5 Å². The van der Waals surface area contributed by atoms with Crippen molar-refractivity contribution in [1.82, 2.24) is 24.5 Å². The molecule has 0 radical (unpaired) electrons. The Balaban J connectivity index is 1.72. The van der Waals surface area contributed by atoms with E-state index in [0.717, 1.165) is 17.7 Å². The van der Waals surface area contributed by atoms with E-state index in [4.69, 9.17) is 4.74 Å². The largest absolute Gasteiger partial charge is 0.485 e. The Morgan fingerprint density at radius 3 is 2.24 bits per heavy atom. The molecule has 0 aliphatic rings. The number of halogens is 3. The Morgan fingerprint density at radius 2 is 1.57 bits per heavy atom. The number of rotatable bonds is 6. The fourth-order valence-electron chi connectivity index (χ4n) is 4.00. The third-order valence-corrected chi connectivity index (χ3v) is 5.84. The van der Waals surface area contributed by atoms with Crippen molar-refractivity contribution in [1.29, 1.82) is 0 Å². The van der Waals surface area contributed by atoms with E-state index in [0.29, 0.717) is 16.5 Å². The number of hydrogen-bond acceptors (Lipinski definition) is 5. The normalized spacial score (nSPS) is 11.4. The Labute approximate surface area is 209 Å². The van der Waals surface area contributed by atoms with E-state index in [1.807, 2.05) is 39.0 Å². The Hall–Kier alpha value is -4.47. The van der Waals surface area contributed by atoms with Gasteiger partial charge < -0.3 is 4.74 Å². The maximum Gasteiger partial charge on any atom is 0.274 e. The Bertz CT molecular complexity index is 1670. The summed E-state index contributed by atoms with van der Waals surface area (Å²) in [5, 5.41) is 9.83. The molecule has 3 aromatic carbocycles. The summed E-state index contributed by atoms with van der Waals surface area (Å²) in [4.78, 5) is 17.6. The molecule has 0 fully saturated rings. The van der Waals surface area contributed by atoms with Crippen LogP contribution < -0.4 is 10.3 Å². The summed E-state index contributed by atoms with van der Waals surface area (Å²) in [6.45, 7) is 5.45. The molecule has 0 bridgehead atoms. The highest BCUT2D eigenvalue weighted by Crippen LogP contribution is 2.28. The average molecular weight is 506 g/mol. The quantitative estimate of drug-likeness (QED) is 0.284. The maximum atomic E-state index is 14.2. The molecule has 0 amide bonds. The number of para-hydroxylation sites is 1. The van der Waals surface area contributed by atoms with E-state index < -0.39 is 17.5 Å². The minimum Gasteiger partial charge on any atom is -0.485 e. The standard InChI is InChI=1S/C27H22F3N5O2/c1-15(2)34-27(36)19-10-6-5-9-18(19)25(33-34)26-31-23(14-37-22-11-7-4-8-16(22)3)32-35(26)17-12-20(28)24(30)21(29)13-17/h4-13,15H,14H2,1-3H3. The highest BCUT2D eigenvalue weighted by Gasteiger charge is 2.23. The zero-order valence-corrected chi connectivity index (χ0v) is 20.2. The fourth-order valence-corrected chi connectivity index (χ4v) is 4.00. The van der Waals surface area contributed by atoms with Gasteiger partial charge in [0.05, 0.1) is 17.1 Å². The van der Waals surface area contributed by atoms with E-state index in [2.05, 4.69) is 15.2 Å². The second-order valence-corrected chi connectivity index (χ2v) is 8.78. The molecule has 0 saturated carbocycles. The summed E-state index contributed by atoms with van der Waals surface area (Å²) >= 11 is 0. The van der Waals surface area contributed by atoms with Crippen molar-refractivity contribution in [3.63, 3.8) is 0 Å². The van der Waals surface area contributed by atoms with Crippen molar-refractivity contribution in [3.8, 4) is 23.0 Å². The molecule has 2 heterocycles. The van der Waals surface area contributed by atoms with Gasteiger partial charge in [0.25, 0.3) is 5.56 Å². The zero-order chi connectivity index (χ0) is 26.3. The second-order valence-electron chi connectivity index (χ2n) is 8.78. The highest BCUT2D eigenvalue weighted by molar-refractivity contribution is 5.92. The first-order valence-electron chi connectivity index (χ1n) is 11.6. The van der Waals surface area contributed by atoms with Crippen LogP contribution in [0.15, 0.2) is 65.5 Å². The molecular formula is C27H22F3N5O2. The minimum absolute atomic E-state index is 0.0568. The van der Waals surface area contributed by atoms with E-state index in [9.17, 15) is 18.0 Å². The molecule has 2 aromatic heterocycles. The van der Waals surface area contributed by atoms with E-state index >= 15 is 0 Å². The van der Waals surface area contributed by atoms with Gasteiger partial charge in [-0.15, -0.1) is 5.10 Å². The van der Waals surface area contributed by atoms with Crippen LogP contribution in [0.3, 0.4) is 0 Å². The van der Waals surface area contributed by atoms with Crippen LogP contribution >= 0.6 is 0 Å². The molecule has 10 heteroatoms. The van der Waals surface area contributed by atoms with Crippen molar-refractivity contribution in [2.24, 2.45) is 0 Å². The zero-order valence-electron chi connectivity index (χ0n) is 20.2. The van der Waals surface area contributed by atoms with Gasteiger partial charge in [-0.2, -0.15) is 5.10 Å². The van der Waals surface area contributed by atoms with Crippen LogP contribution in [0.2, 0.25) is 0 Å². The molecule has 5 rings (SSSR count). The molecule has 7 nitrogen and oxygen atoms in total. The summed E-state index contributed by atoms with van der Waals surface area (Å²) in [7, 11) is 0. The van der Waals surface area contributed by atoms with Gasteiger partial charge in [-0.05, 0) is 38.5 Å². The summed E-state index contributed by atoms with van der Waals surface area (Å²) < 4.78 is 50.5. The molecule has 5 aromatic rings. The van der Waals surface area contributed by atoms with Crippen LogP contribution in [0.4, 0.5) is 13.2 Å². The smallest absolute Gasteiger partial charge is 0.274 e. The third-order valence-electron chi connectivity index (χ3n) is 5.84. The summed E-state index contributed by atoms with van der Waals surface area (Å²) in [5.74, 6) is -3.42. The topological polar surface area (TPSA) is 74.8 Å². The summed E-state index contributed by atoms with van der Waals surface area (Å²) in [5.41, 5.74) is 0.779. The molecule has 0 atom stereocenters. The van der Waals surface area contributed by atoms with Crippen LogP contribution in [-0.4, -0.2) is 24.5 Å². The van der Waals surface area contributed by atoms with E-state index in [1.54, 1.807) is 30.3 Å². The number of aromatic nitrogens is 5. The number of benzene rings is 3. The molecule has 0 aliphatic carbocycles. The molecule has 0 aliphatic heterocycles. The van der Waals surface area contributed by atoms with Gasteiger partial charge in [0.1, 0.15) is 18.1 Å². The van der Waals surface area contributed by atoms with Gasteiger partial charge in [0.2, 0.25) is 0 Å². The van der Waals surface area contributed by atoms with Crippen LogP contribution in [0.5, 0.6) is 5.75 Å². The second kappa shape index (κ2) is 9.53. The van der Waals surface area contributed by atoms with E-state index in [-0.39, 0.29) is 41.2 Å². The van der Waals surface area contributed by atoms with Crippen LogP contribution in [0.1, 0.15) is 31.3 Å². The lowest BCUT2D eigenvalue weighted by atomic mass is 10.1. The summed E-state index contributed by atoms with van der Waals surface area (Å²) in [6.07, 6.45) is 0. The highest BCUT2D eigenvalue weighted by atomic mass is 19.2. The molecule has 188 valence electrons. The number of hydrogen-bond donors (Lipinski definition) is 0. The van der Waals surface area contributed by atoms with Crippen molar-refractivity contribution < 1.29 is 17.9 Å². The molecule has 37 heavy (non-hydrogen) atoms. The van der Waals surface area contributed by atoms with Crippen LogP contribution in [0, 0.1) is 24.4 Å². The maximum absolute atomic E-state index is 14.2. The third kappa shape index (κ3) is 4.46. The predicted molar refractivity (Wildman–Crippen MR) is 132 cm³/mol. The monoisotopic (exact) mass is 505 g/mol.